The van der Waals surface area contributed by atoms with E-state index >= 15 is 0 Å². The molecule has 0 spiro atoms. The molecule has 9 rings (SSSR count). The summed E-state index contributed by atoms with van der Waals surface area (Å²) < 4.78 is 0. The molecule has 0 saturated heterocycles. The summed E-state index contributed by atoms with van der Waals surface area (Å²) in [6.45, 7) is 0. The molecule has 2 aliphatic heterocycles. The molecule has 0 radical (unpaired) electrons. The van der Waals surface area contributed by atoms with E-state index in [-0.39, 0.29) is 51.3 Å². The molecule has 234 valence electrons. The second-order valence-electron chi connectivity index (χ2n) is 10.7. The van der Waals surface area contributed by atoms with Crippen molar-refractivity contribution < 1.29 is 11.0 Å². The number of rotatable bonds is 0. The number of H-pyrrole nitrogens is 2. The molecule has 2 aliphatic rings. The number of hydrogen-bond acceptors (Lipinski definition) is 10. The van der Waals surface area contributed by atoms with Crippen LogP contribution in [0.15, 0.2) is 72.8 Å². The van der Waals surface area contributed by atoms with Crippen LogP contribution in [0.3, 0.4) is 0 Å². The molecule has 5 heterocycles. The fraction of sp³-hybridized carbons (Fsp3) is 0. The van der Waals surface area contributed by atoms with Crippen molar-refractivity contribution in [2.45, 2.75) is 0 Å². The molecule has 7 aromatic rings. The maximum absolute atomic E-state index is 6.56. The molecule has 4 aromatic carbocycles. The first kappa shape index (κ1) is 30.9. The molecular weight excluding hydrogens is 657 g/mol. The van der Waals surface area contributed by atoms with Crippen molar-refractivity contribution >= 4 is 84.5 Å². The van der Waals surface area contributed by atoms with E-state index in [9.17, 15) is 0 Å². The summed E-state index contributed by atoms with van der Waals surface area (Å²) in [6.07, 6.45) is 0. The van der Waals surface area contributed by atoms with Crippen LogP contribution in [-0.2, 0) is 0 Å². The first-order valence-corrected chi connectivity index (χ1v) is 13.8. The normalized spacial score (nSPS) is 11.2. The summed E-state index contributed by atoms with van der Waals surface area (Å²) in [5.41, 5.74) is 31.8. The second-order valence-corrected chi connectivity index (χ2v) is 10.7. The molecule has 0 aliphatic carbocycles. The van der Waals surface area contributed by atoms with Gasteiger partial charge >= 0.3 is 17.6 Å². The zero-order valence-corrected chi connectivity index (χ0v) is 23.9. The van der Waals surface area contributed by atoms with Crippen LogP contribution in [0.5, 0.6) is 0 Å². The van der Waals surface area contributed by atoms with Gasteiger partial charge in [-0.1, -0.05) is 72.8 Å². The van der Waals surface area contributed by atoms with Gasteiger partial charge in [0.15, 0.2) is 23.3 Å². The Morgan fingerprint density at radius 3 is 1.04 bits per heavy atom. The third kappa shape index (κ3) is 4.34. The minimum absolute atomic E-state index is 0. The third-order valence-electron chi connectivity index (χ3n) is 8.16. The Morgan fingerprint density at radius 2 is 0.681 bits per heavy atom. The van der Waals surface area contributed by atoms with E-state index in [2.05, 4.69) is 9.97 Å². The first-order valence-electron chi connectivity index (χ1n) is 13.8. The standard InChI is InChI=1S/C32H22N12.GeH4.2H2O/c33-21-19-20(22(34)24(36)23(21)35)32-43-30-18-12-6-4-10-16(18)28(41-30)39-26-14-8-2-1-7-13(14)25(37-26)38-27-15-9-3-5-11-17(15)29(40-27)42-31(19)44-32;;;/h1-12H,33-36H2,(H2,37,38,39,40,41,42,43,44);1H4;2*1H2. The van der Waals surface area contributed by atoms with Crippen molar-refractivity contribution in [3.63, 3.8) is 0 Å². The predicted octanol–water partition coefficient (Wildman–Crippen LogP) is 2.10. The van der Waals surface area contributed by atoms with E-state index < -0.39 is 0 Å². The fourth-order valence-corrected chi connectivity index (χ4v) is 6.00. The van der Waals surface area contributed by atoms with E-state index in [0.717, 1.165) is 33.0 Å². The van der Waals surface area contributed by atoms with Gasteiger partial charge in [-0.05, 0) is 0 Å². The van der Waals surface area contributed by atoms with Gasteiger partial charge in [0, 0.05) is 33.0 Å². The van der Waals surface area contributed by atoms with Crippen LogP contribution in [0.1, 0.15) is 0 Å². The van der Waals surface area contributed by atoms with E-state index in [1.807, 2.05) is 72.8 Å². The minimum atomic E-state index is 0. The van der Waals surface area contributed by atoms with Gasteiger partial charge in [-0.15, -0.1) is 0 Å². The molecule has 0 amide bonds. The van der Waals surface area contributed by atoms with Crippen LogP contribution in [0, 0.1) is 0 Å². The van der Waals surface area contributed by atoms with Gasteiger partial charge in [0.2, 0.25) is 0 Å². The zero-order chi connectivity index (χ0) is 29.7. The average molecular weight is 687 g/mol. The number of fused-ring (bicyclic) bond motifs is 20. The average Bonchev–Trinajstić information content (AvgIpc) is 3.78. The summed E-state index contributed by atoms with van der Waals surface area (Å²) in [6, 6.07) is 23.5. The van der Waals surface area contributed by atoms with E-state index in [4.69, 9.17) is 52.8 Å². The molecule has 15 heteroatoms. The summed E-state index contributed by atoms with van der Waals surface area (Å²) in [5, 5.41) is 2.78. The Balaban J connectivity index is 0.00000129. The van der Waals surface area contributed by atoms with Crippen molar-refractivity contribution in [2.75, 3.05) is 22.9 Å². The Labute approximate surface area is 275 Å². The predicted molar refractivity (Wildman–Crippen MR) is 192 cm³/mol. The quantitative estimate of drug-likeness (QED) is 0.0997. The summed E-state index contributed by atoms with van der Waals surface area (Å²) in [7, 11) is 0. The van der Waals surface area contributed by atoms with Gasteiger partial charge in [0.05, 0.1) is 33.5 Å². The van der Waals surface area contributed by atoms with Crippen LogP contribution >= 0.6 is 0 Å². The Bertz CT molecular complexity index is 2410. The molecular formula is C32H30GeN12O2. The van der Waals surface area contributed by atoms with Crippen molar-refractivity contribution in [2.24, 2.45) is 0 Å². The molecule has 0 unspecified atom stereocenters. The molecule has 47 heavy (non-hydrogen) atoms. The van der Waals surface area contributed by atoms with Gasteiger partial charge in [0.1, 0.15) is 22.6 Å². The number of nitrogens with zero attached hydrogens (tertiary/aromatic N) is 6. The number of nitrogens with two attached hydrogens (primary N) is 4. The van der Waals surface area contributed by atoms with Crippen molar-refractivity contribution in [3.05, 3.63) is 72.8 Å². The third-order valence-corrected chi connectivity index (χ3v) is 8.16. The van der Waals surface area contributed by atoms with Gasteiger partial charge in [-0.2, -0.15) is 0 Å². The van der Waals surface area contributed by atoms with Crippen LogP contribution in [0.2, 0.25) is 0 Å². The SMILES string of the molecule is Nc1c(N)c(N)c2c3nc4nc(nc5[nH]c(nc6nc(nc([nH]3)c2c1N)-c1ccccc1-6)c1ccccc51)-c1ccccc1-4.O.O.[GeH4]. The van der Waals surface area contributed by atoms with Crippen LogP contribution in [0.4, 0.5) is 22.7 Å². The van der Waals surface area contributed by atoms with Crippen molar-refractivity contribution in [3.8, 4) is 45.6 Å². The monoisotopic (exact) mass is 688 g/mol. The molecule has 0 saturated carbocycles. The van der Waals surface area contributed by atoms with Crippen LogP contribution in [0.25, 0.3) is 89.7 Å². The zero-order valence-electron chi connectivity index (χ0n) is 23.9. The number of hydrogen-bond donors (Lipinski definition) is 6. The van der Waals surface area contributed by atoms with Crippen LogP contribution < -0.4 is 22.9 Å². The van der Waals surface area contributed by atoms with Gasteiger partial charge in [-0.25, -0.2) is 29.9 Å². The second kappa shape index (κ2) is 11.1. The van der Waals surface area contributed by atoms with Crippen molar-refractivity contribution in [1.82, 2.24) is 39.9 Å². The van der Waals surface area contributed by atoms with Gasteiger partial charge in [0.25, 0.3) is 0 Å². The Kier molecular flexibility index (Phi) is 7.27. The summed E-state index contributed by atoms with van der Waals surface area (Å²) in [5.74, 6) is 1.88. The molecule has 0 fully saturated rings. The maximum atomic E-state index is 6.56. The van der Waals surface area contributed by atoms with Gasteiger partial charge < -0.3 is 43.9 Å². The molecule has 14 nitrogen and oxygen atoms in total. The molecule has 14 N–H and O–H groups in total. The molecule has 8 bridgehead atoms. The Morgan fingerprint density at radius 1 is 0.383 bits per heavy atom. The number of nitrogen functional groups attached to an aromatic ring is 4. The van der Waals surface area contributed by atoms with Crippen molar-refractivity contribution in [1.29, 1.82) is 0 Å². The van der Waals surface area contributed by atoms with E-state index in [1.165, 1.54) is 0 Å². The number of benzene rings is 4. The number of aromatic amines is 2. The number of anilines is 4. The van der Waals surface area contributed by atoms with E-state index in [0.29, 0.717) is 56.7 Å². The fourth-order valence-electron chi connectivity index (χ4n) is 6.00. The van der Waals surface area contributed by atoms with Crippen LogP contribution in [-0.4, -0.2) is 68.4 Å². The topological polar surface area (TPSA) is 276 Å². The van der Waals surface area contributed by atoms with E-state index in [1.54, 1.807) is 0 Å². The summed E-state index contributed by atoms with van der Waals surface area (Å²) in [4.78, 5) is 36.4. The summed E-state index contributed by atoms with van der Waals surface area (Å²) >= 11 is 0. The Hall–Kier alpha value is -6.10. The van der Waals surface area contributed by atoms with Gasteiger partial charge in [-0.3, -0.25) is 0 Å². The first-order chi connectivity index (χ1) is 21.5. The molecule has 3 aromatic heterocycles. The number of nitrogens with one attached hydrogen (secondary N) is 2. The number of aromatic nitrogens is 8. The molecule has 0 atom stereocenters.